The maximum Gasteiger partial charge on any atom is 0.341 e. The Labute approximate surface area is 211 Å². The summed E-state index contributed by atoms with van der Waals surface area (Å²) in [4.78, 5) is 16.6. The van der Waals surface area contributed by atoms with E-state index in [9.17, 15) is 4.79 Å². The van der Waals surface area contributed by atoms with E-state index < -0.39 is 12.6 Å². The van der Waals surface area contributed by atoms with Crippen molar-refractivity contribution in [1.82, 2.24) is 4.98 Å². The van der Waals surface area contributed by atoms with Crippen LogP contribution in [0.15, 0.2) is 60.7 Å². The third-order valence-corrected chi connectivity index (χ3v) is 6.61. The Hall–Kier alpha value is -4.24. The Bertz CT molecular complexity index is 1400. The number of ether oxygens (including phenoxy) is 5. The first-order chi connectivity index (χ1) is 17.5. The molecule has 36 heavy (non-hydrogen) atoms. The highest BCUT2D eigenvalue weighted by molar-refractivity contribution is 7.15. The first-order valence-electron chi connectivity index (χ1n) is 11.1. The van der Waals surface area contributed by atoms with Crippen molar-refractivity contribution in [2.45, 2.75) is 13.5 Å². The number of benzene rings is 3. The number of aryl methyl sites for hydroxylation is 1. The zero-order valence-corrected chi connectivity index (χ0v) is 20.5. The van der Waals surface area contributed by atoms with Crippen molar-refractivity contribution < 1.29 is 33.6 Å². The molecule has 9 heteroatoms. The number of carbonyl (C=O) groups is 1. The lowest BCUT2D eigenvalue weighted by atomic mass is 10.1. The molecule has 0 saturated heterocycles. The van der Waals surface area contributed by atoms with Gasteiger partial charge >= 0.3 is 5.97 Å². The molecule has 1 aliphatic rings. The molecule has 0 fully saturated rings. The second-order valence-electron chi connectivity index (χ2n) is 7.98. The van der Waals surface area contributed by atoms with Crippen LogP contribution < -0.4 is 23.7 Å². The Morgan fingerprint density at radius 3 is 2.47 bits per heavy atom. The summed E-state index contributed by atoms with van der Waals surface area (Å²) in [7, 11) is 1.64. The number of carboxylic acids is 1. The maximum absolute atomic E-state index is 10.8. The van der Waals surface area contributed by atoms with E-state index >= 15 is 0 Å². The van der Waals surface area contributed by atoms with Gasteiger partial charge in [-0.25, -0.2) is 9.78 Å². The van der Waals surface area contributed by atoms with Crippen LogP contribution in [0.1, 0.15) is 10.6 Å². The van der Waals surface area contributed by atoms with E-state index in [1.54, 1.807) is 30.6 Å². The topological polar surface area (TPSA) is 96.3 Å². The fourth-order valence-electron chi connectivity index (χ4n) is 3.76. The third-order valence-electron chi connectivity index (χ3n) is 5.53. The zero-order chi connectivity index (χ0) is 25.1. The molecule has 1 aliphatic heterocycles. The van der Waals surface area contributed by atoms with Crippen molar-refractivity contribution in [3.63, 3.8) is 0 Å². The van der Waals surface area contributed by atoms with Gasteiger partial charge in [0.25, 0.3) is 0 Å². The van der Waals surface area contributed by atoms with Gasteiger partial charge in [-0.3, -0.25) is 0 Å². The van der Waals surface area contributed by atoms with E-state index in [0.717, 1.165) is 43.8 Å². The first-order valence-corrected chi connectivity index (χ1v) is 11.9. The van der Waals surface area contributed by atoms with Crippen molar-refractivity contribution in [1.29, 1.82) is 0 Å². The molecular weight excluding hydrogens is 482 g/mol. The number of methoxy groups -OCH3 is 1. The number of rotatable bonds is 9. The van der Waals surface area contributed by atoms with Gasteiger partial charge in [0.2, 0.25) is 6.79 Å². The summed E-state index contributed by atoms with van der Waals surface area (Å²) in [6, 6.07) is 18.9. The smallest absolute Gasteiger partial charge is 0.341 e. The number of hydrogen-bond donors (Lipinski definition) is 1. The van der Waals surface area contributed by atoms with Gasteiger partial charge < -0.3 is 28.8 Å². The SMILES string of the molecule is COc1ccc(-c2nc(COc3ccc(OCC(=O)O)c(C)c3)sc2-c2ccc3c(c2)OCO3)cc1. The number of aliphatic carboxylic acids is 1. The summed E-state index contributed by atoms with van der Waals surface area (Å²) in [6.45, 7) is 1.93. The normalized spacial score (nSPS) is 11.8. The van der Waals surface area contributed by atoms with E-state index in [-0.39, 0.29) is 13.4 Å². The fourth-order valence-corrected chi connectivity index (χ4v) is 4.76. The van der Waals surface area contributed by atoms with E-state index in [2.05, 4.69) is 0 Å². The van der Waals surface area contributed by atoms with Crippen LogP contribution in [0.2, 0.25) is 0 Å². The molecule has 1 N–H and O–H groups in total. The highest BCUT2D eigenvalue weighted by Gasteiger charge is 2.20. The van der Waals surface area contributed by atoms with E-state index in [1.165, 1.54) is 0 Å². The van der Waals surface area contributed by atoms with Gasteiger partial charge in [-0.1, -0.05) is 0 Å². The van der Waals surface area contributed by atoms with Crippen LogP contribution in [0.3, 0.4) is 0 Å². The largest absolute Gasteiger partial charge is 0.497 e. The molecule has 4 aromatic rings. The monoisotopic (exact) mass is 505 g/mol. The van der Waals surface area contributed by atoms with E-state index in [4.69, 9.17) is 33.8 Å². The van der Waals surface area contributed by atoms with E-state index in [1.807, 2.05) is 55.5 Å². The molecule has 0 amide bonds. The highest BCUT2D eigenvalue weighted by atomic mass is 32.1. The minimum atomic E-state index is -1.02. The fraction of sp³-hybridized carbons (Fsp3) is 0.185. The lowest BCUT2D eigenvalue weighted by molar-refractivity contribution is -0.139. The van der Waals surface area contributed by atoms with Crippen LogP contribution in [0.4, 0.5) is 0 Å². The maximum atomic E-state index is 10.8. The molecule has 0 unspecified atom stereocenters. The lowest BCUT2D eigenvalue weighted by Gasteiger charge is -2.09. The molecule has 8 nitrogen and oxygen atoms in total. The molecule has 1 aromatic heterocycles. The number of hydrogen-bond acceptors (Lipinski definition) is 8. The van der Waals surface area contributed by atoms with Crippen molar-refractivity contribution in [2.75, 3.05) is 20.5 Å². The van der Waals surface area contributed by atoms with Crippen molar-refractivity contribution in [2.24, 2.45) is 0 Å². The Morgan fingerprint density at radius 1 is 0.972 bits per heavy atom. The van der Waals surface area contributed by atoms with Gasteiger partial charge in [0.05, 0.1) is 17.7 Å². The van der Waals surface area contributed by atoms with Gasteiger partial charge in [-0.15, -0.1) is 11.3 Å². The molecule has 0 spiro atoms. The molecule has 0 aliphatic carbocycles. The third kappa shape index (κ3) is 5.06. The Balaban J connectivity index is 1.41. The zero-order valence-electron chi connectivity index (χ0n) is 19.6. The van der Waals surface area contributed by atoms with Gasteiger partial charge in [-0.2, -0.15) is 0 Å². The minimum Gasteiger partial charge on any atom is -0.497 e. The van der Waals surface area contributed by atoms with Crippen LogP contribution in [0, 0.1) is 6.92 Å². The molecular formula is C27H23NO7S. The lowest BCUT2D eigenvalue weighted by Crippen LogP contribution is -2.10. The van der Waals surface area contributed by atoms with Gasteiger partial charge in [0, 0.05) is 5.56 Å². The number of nitrogens with zero attached hydrogens (tertiary/aromatic N) is 1. The summed E-state index contributed by atoms with van der Waals surface area (Å²) in [5, 5.41) is 9.62. The predicted molar refractivity (Wildman–Crippen MR) is 134 cm³/mol. The van der Waals surface area contributed by atoms with Crippen LogP contribution in [0.5, 0.6) is 28.7 Å². The molecule has 2 heterocycles. The molecule has 5 rings (SSSR count). The number of aromatic nitrogens is 1. The van der Waals surface area contributed by atoms with Crippen LogP contribution in [0.25, 0.3) is 21.7 Å². The number of thiazole rings is 1. The minimum absolute atomic E-state index is 0.214. The molecule has 0 atom stereocenters. The molecule has 184 valence electrons. The van der Waals surface area contributed by atoms with Gasteiger partial charge in [0.1, 0.15) is 28.9 Å². The second-order valence-corrected chi connectivity index (χ2v) is 9.06. The summed E-state index contributed by atoms with van der Waals surface area (Å²) < 4.78 is 27.6. The van der Waals surface area contributed by atoms with Gasteiger partial charge in [0.15, 0.2) is 18.1 Å². The molecule has 0 saturated carbocycles. The average molecular weight is 506 g/mol. The Morgan fingerprint density at radius 2 is 1.72 bits per heavy atom. The first kappa shape index (κ1) is 23.5. The van der Waals surface area contributed by atoms with Crippen LogP contribution in [-0.2, 0) is 11.4 Å². The quantitative estimate of drug-likeness (QED) is 0.316. The summed E-state index contributed by atoms with van der Waals surface area (Å²) in [6.07, 6.45) is 0. The van der Waals surface area contributed by atoms with E-state index in [0.29, 0.717) is 17.2 Å². The molecule has 3 aromatic carbocycles. The standard InChI is InChI=1S/C27H23NO7S/c1-16-11-20(8-10-21(16)33-14-25(29)30)32-13-24-28-26(17-3-6-19(31-2)7-4-17)27(36-24)18-5-9-22-23(12-18)35-15-34-22/h3-12H,13-15H2,1-2H3,(H,29,30). The molecule has 0 bridgehead atoms. The second kappa shape index (κ2) is 10.2. The summed E-state index contributed by atoms with van der Waals surface area (Å²) in [5.74, 6) is 2.33. The molecule has 0 radical (unpaired) electrons. The van der Waals surface area contributed by atoms with Crippen LogP contribution >= 0.6 is 11.3 Å². The van der Waals surface area contributed by atoms with Crippen molar-refractivity contribution in [3.05, 3.63) is 71.2 Å². The predicted octanol–water partition coefficient (Wildman–Crippen LogP) is 5.57. The Kier molecular flexibility index (Phi) is 6.64. The summed E-state index contributed by atoms with van der Waals surface area (Å²) in [5.41, 5.74) is 3.56. The highest BCUT2D eigenvalue weighted by Crippen LogP contribution is 2.42. The van der Waals surface area contributed by atoms with Crippen molar-refractivity contribution in [3.8, 4) is 50.4 Å². The van der Waals surface area contributed by atoms with Crippen LogP contribution in [-0.4, -0.2) is 36.6 Å². The van der Waals surface area contributed by atoms with Crippen molar-refractivity contribution >= 4 is 17.3 Å². The number of carboxylic acid groups (broad SMARTS) is 1. The average Bonchev–Trinajstić information content (AvgIpc) is 3.53. The number of fused-ring (bicyclic) bond motifs is 1. The van der Waals surface area contributed by atoms with Gasteiger partial charge in [-0.05, 0) is 78.7 Å². The summed E-state index contributed by atoms with van der Waals surface area (Å²) >= 11 is 1.55.